The highest BCUT2D eigenvalue weighted by Crippen LogP contribution is 2.28. The first-order valence-electron chi connectivity index (χ1n) is 10.1. The normalized spacial score (nSPS) is 15.2. The summed E-state index contributed by atoms with van der Waals surface area (Å²) in [6.45, 7) is 2.66. The van der Waals surface area contributed by atoms with Crippen molar-refractivity contribution in [1.29, 1.82) is 0 Å². The summed E-state index contributed by atoms with van der Waals surface area (Å²) in [5.74, 6) is 0.382. The van der Waals surface area contributed by atoms with Crippen LogP contribution in [0.25, 0.3) is 0 Å². The van der Waals surface area contributed by atoms with Crippen molar-refractivity contribution in [1.82, 2.24) is 4.90 Å². The summed E-state index contributed by atoms with van der Waals surface area (Å²) in [4.78, 5) is 2.39. The predicted octanol–water partition coefficient (Wildman–Crippen LogP) is 4.80. The Morgan fingerprint density at radius 2 is 1.57 bits per heavy atom. The van der Waals surface area contributed by atoms with Gasteiger partial charge < -0.3 is 9.08 Å². The lowest BCUT2D eigenvalue weighted by Gasteiger charge is -2.32. The first kappa shape index (κ1) is 22.6. The van der Waals surface area contributed by atoms with Crippen molar-refractivity contribution < 1.29 is 25.8 Å². The molecule has 30 heavy (non-hydrogen) atoms. The van der Waals surface area contributed by atoms with Crippen molar-refractivity contribution >= 4 is 10.1 Å². The standard InChI is InChI=1S/C22H26F3NO3S/c23-22(24,25)30(27,28)29-21-11-5-8-19(16-21)13-15-26(17-20-9-4-10-20)14-12-18-6-2-1-3-7-18/h1-3,5-8,11,16,20H,4,9-10,12-15,17H2. The second-order valence-corrected chi connectivity index (χ2v) is 9.25. The molecule has 0 aliphatic heterocycles. The van der Waals surface area contributed by atoms with Gasteiger partial charge in [0, 0.05) is 19.6 Å². The minimum absolute atomic E-state index is 0.320. The summed E-state index contributed by atoms with van der Waals surface area (Å²) in [6, 6.07) is 16.1. The van der Waals surface area contributed by atoms with E-state index in [1.54, 1.807) is 6.07 Å². The van der Waals surface area contributed by atoms with Gasteiger partial charge in [-0.05, 0) is 54.9 Å². The lowest BCUT2D eigenvalue weighted by molar-refractivity contribution is -0.0500. The molecular weight excluding hydrogens is 415 g/mol. The van der Waals surface area contributed by atoms with Gasteiger partial charge in [-0.25, -0.2) is 0 Å². The Bertz CT molecular complexity index is 913. The lowest BCUT2D eigenvalue weighted by Crippen LogP contribution is -2.35. The third kappa shape index (κ3) is 6.47. The van der Waals surface area contributed by atoms with Crippen LogP contribution >= 0.6 is 0 Å². The summed E-state index contributed by atoms with van der Waals surface area (Å²) in [6.07, 6.45) is 5.27. The lowest BCUT2D eigenvalue weighted by atomic mass is 9.85. The SMILES string of the molecule is O=S(=O)(Oc1cccc(CCN(CCc2ccccc2)CC2CCC2)c1)C(F)(F)F. The zero-order valence-corrected chi connectivity index (χ0v) is 17.5. The highest BCUT2D eigenvalue weighted by Gasteiger charge is 2.48. The minimum Gasteiger partial charge on any atom is -0.376 e. The fraction of sp³-hybridized carbons (Fsp3) is 0.455. The van der Waals surface area contributed by atoms with Crippen LogP contribution in [-0.2, 0) is 23.0 Å². The van der Waals surface area contributed by atoms with E-state index in [2.05, 4.69) is 21.2 Å². The van der Waals surface area contributed by atoms with Gasteiger partial charge in [0.25, 0.3) is 0 Å². The van der Waals surface area contributed by atoms with Crippen molar-refractivity contribution in [3.63, 3.8) is 0 Å². The molecule has 8 heteroatoms. The number of rotatable bonds is 10. The van der Waals surface area contributed by atoms with Gasteiger partial charge >= 0.3 is 15.6 Å². The molecule has 2 aromatic rings. The van der Waals surface area contributed by atoms with E-state index in [0.29, 0.717) is 12.3 Å². The van der Waals surface area contributed by atoms with E-state index >= 15 is 0 Å². The molecule has 0 heterocycles. The van der Waals surface area contributed by atoms with Crippen LogP contribution in [0.15, 0.2) is 54.6 Å². The van der Waals surface area contributed by atoms with Crippen molar-refractivity contribution in [2.75, 3.05) is 19.6 Å². The first-order valence-corrected chi connectivity index (χ1v) is 11.5. The van der Waals surface area contributed by atoms with Crippen molar-refractivity contribution in [3.05, 3.63) is 65.7 Å². The van der Waals surface area contributed by atoms with Crippen LogP contribution in [0.4, 0.5) is 13.2 Å². The van der Waals surface area contributed by atoms with E-state index in [0.717, 1.165) is 31.6 Å². The van der Waals surface area contributed by atoms with Gasteiger partial charge in [-0.1, -0.05) is 48.9 Å². The molecule has 164 valence electrons. The molecule has 0 spiro atoms. The van der Waals surface area contributed by atoms with Gasteiger partial charge in [-0.15, -0.1) is 0 Å². The number of alkyl halides is 3. The quantitative estimate of drug-likeness (QED) is 0.392. The van der Waals surface area contributed by atoms with Crippen molar-refractivity contribution in [2.24, 2.45) is 5.92 Å². The second kappa shape index (κ2) is 9.83. The topological polar surface area (TPSA) is 46.6 Å². The Hall–Kier alpha value is -2.06. The maximum absolute atomic E-state index is 12.5. The third-order valence-corrected chi connectivity index (χ3v) is 6.38. The molecule has 0 N–H and O–H groups in total. The first-order chi connectivity index (χ1) is 14.2. The number of halogens is 3. The number of hydrogen-bond donors (Lipinski definition) is 0. The molecule has 3 rings (SSSR count). The molecule has 2 aromatic carbocycles. The summed E-state index contributed by atoms with van der Waals surface area (Å²) in [7, 11) is -5.66. The molecule has 0 bridgehead atoms. The summed E-state index contributed by atoms with van der Waals surface area (Å²) in [5, 5.41) is 0. The zero-order chi connectivity index (χ0) is 21.6. The Morgan fingerprint density at radius 3 is 2.17 bits per heavy atom. The number of nitrogens with zero attached hydrogens (tertiary/aromatic N) is 1. The van der Waals surface area contributed by atoms with E-state index in [1.807, 2.05) is 18.2 Å². The Morgan fingerprint density at radius 1 is 0.933 bits per heavy atom. The van der Waals surface area contributed by atoms with Crippen molar-refractivity contribution in [2.45, 2.75) is 37.6 Å². The maximum atomic E-state index is 12.5. The average molecular weight is 442 g/mol. The highest BCUT2D eigenvalue weighted by molar-refractivity contribution is 7.88. The Balaban J connectivity index is 1.60. The Kier molecular flexibility index (Phi) is 7.41. The number of benzene rings is 2. The molecule has 1 fully saturated rings. The van der Waals surface area contributed by atoms with Crippen molar-refractivity contribution in [3.8, 4) is 5.75 Å². The maximum Gasteiger partial charge on any atom is 0.534 e. The Labute approximate surface area is 175 Å². The largest absolute Gasteiger partial charge is 0.534 e. The van der Waals surface area contributed by atoms with Crippen LogP contribution in [-0.4, -0.2) is 38.5 Å². The van der Waals surface area contributed by atoms with Crippen LogP contribution in [0.3, 0.4) is 0 Å². The molecule has 0 saturated heterocycles. The highest BCUT2D eigenvalue weighted by atomic mass is 32.2. The smallest absolute Gasteiger partial charge is 0.376 e. The van der Waals surface area contributed by atoms with E-state index < -0.39 is 15.6 Å². The molecular formula is C22H26F3NO3S. The fourth-order valence-electron chi connectivity index (χ4n) is 3.48. The molecule has 0 amide bonds. The predicted molar refractivity (Wildman–Crippen MR) is 110 cm³/mol. The molecule has 0 atom stereocenters. The summed E-state index contributed by atoms with van der Waals surface area (Å²) < 4.78 is 64.3. The van der Waals surface area contributed by atoms with Crippen LogP contribution in [0, 0.1) is 5.92 Å². The minimum atomic E-state index is -5.66. The molecule has 1 aliphatic rings. The molecule has 4 nitrogen and oxygen atoms in total. The fourth-order valence-corrected chi connectivity index (χ4v) is 3.93. The van der Waals surface area contributed by atoms with Crippen LogP contribution in [0.2, 0.25) is 0 Å². The summed E-state index contributed by atoms with van der Waals surface area (Å²) >= 11 is 0. The van der Waals surface area contributed by atoms with Gasteiger partial charge in [0.1, 0.15) is 5.75 Å². The van der Waals surface area contributed by atoms with E-state index in [-0.39, 0.29) is 5.75 Å². The molecule has 0 unspecified atom stereocenters. The van der Waals surface area contributed by atoms with E-state index in [9.17, 15) is 21.6 Å². The van der Waals surface area contributed by atoms with Gasteiger partial charge in [-0.2, -0.15) is 21.6 Å². The van der Waals surface area contributed by atoms with E-state index in [4.69, 9.17) is 0 Å². The van der Waals surface area contributed by atoms with Crippen LogP contribution in [0.1, 0.15) is 30.4 Å². The van der Waals surface area contributed by atoms with Gasteiger partial charge in [0.15, 0.2) is 0 Å². The second-order valence-electron chi connectivity index (χ2n) is 7.71. The van der Waals surface area contributed by atoms with Gasteiger partial charge in [-0.3, -0.25) is 0 Å². The zero-order valence-electron chi connectivity index (χ0n) is 16.6. The van der Waals surface area contributed by atoms with Crippen LogP contribution in [0.5, 0.6) is 5.75 Å². The average Bonchev–Trinajstić information content (AvgIpc) is 2.66. The van der Waals surface area contributed by atoms with Gasteiger partial charge in [0.2, 0.25) is 0 Å². The van der Waals surface area contributed by atoms with Crippen LogP contribution < -0.4 is 4.18 Å². The number of hydrogen-bond acceptors (Lipinski definition) is 4. The molecule has 1 aliphatic carbocycles. The monoisotopic (exact) mass is 441 g/mol. The third-order valence-electron chi connectivity index (χ3n) is 5.41. The molecule has 0 aromatic heterocycles. The molecule has 1 saturated carbocycles. The summed E-state index contributed by atoms with van der Waals surface area (Å²) in [5.41, 5.74) is -3.44. The molecule has 0 radical (unpaired) electrons. The van der Waals surface area contributed by atoms with E-state index in [1.165, 1.54) is 43.0 Å². The van der Waals surface area contributed by atoms with Gasteiger partial charge in [0.05, 0.1) is 0 Å².